The van der Waals surface area contributed by atoms with E-state index in [0.29, 0.717) is 0 Å². The second kappa shape index (κ2) is 7.56. The van der Waals surface area contributed by atoms with E-state index < -0.39 is 0 Å². The molecular formula is C21H23N. The minimum atomic E-state index is 1.09. The smallest absolute Gasteiger partial charge is 0.0786 e. The van der Waals surface area contributed by atoms with Crippen molar-refractivity contribution in [2.75, 3.05) is 0 Å². The minimum absolute atomic E-state index is 1.09. The second-order valence-corrected chi connectivity index (χ2v) is 4.49. The number of nitrogens with zero attached hydrogens (tertiary/aromatic N) is 1. The fourth-order valence-corrected chi connectivity index (χ4v) is 2.71. The Morgan fingerprint density at radius 1 is 0.500 bits per heavy atom. The Hall–Kier alpha value is -2.41. The van der Waals surface area contributed by atoms with Gasteiger partial charge in [-0.25, -0.2) is 0 Å². The molecule has 0 spiro atoms. The van der Waals surface area contributed by atoms with Crippen molar-refractivity contribution in [1.82, 2.24) is 4.98 Å². The van der Waals surface area contributed by atoms with E-state index in [-0.39, 0.29) is 0 Å². The van der Waals surface area contributed by atoms with Crippen molar-refractivity contribution >= 4 is 32.4 Å². The molecule has 0 saturated heterocycles. The lowest BCUT2D eigenvalue weighted by molar-refractivity contribution is 1.43. The molecule has 0 aliphatic carbocycles. The fraction of sp³-hybridized carbons (Fsp3) is 0.190. The van der Waals surface area contributed by atoms with Crippen LogP contribution in [0.15, 0.2) is 66.9 Å². The fourth-order valence-electron chi connectivity index (χ4n) is 2.71. The topological polar surface area (TPSA) is 12.9 Å². The van der Waals surface area contributed by atoms with Crippen molar-refractivity contribution in [2.45, 2.75) is 27.7 Å². The van der Waals surface area contributed by atoms with Crippen LogP contribution in [0.3, 0.4) is 0 Å². The molecule has 1 nitrogen and oxygen atoms in total. The summed E-state index contributed by atoms with van der Waals surface area (Å²) in [5.41, 5.74) is 1.09. The van der Waals surface area contributed by atoms with Crippen LogP contribution in [0.5, 0.6) is 0 Å². The molecule has 0 aliphatic rings. The summed E-state index contributed by atoms with van der Waals surface area (Å²) in [5.74, 6) is 0. The second-order valence-electron chi connectivity index (χ2n) is 4.49. The maximum absolute atomic E-state index is 4.56. The third-order valence-electron chi connectivity index (χ3n) is 3.50. The van der Waals surface area contributed by atoms with E-state index in [1.54, 1.807) is 0 Å². The number of pyridine rings is 1. The molecule has 0 unspecified atom stereocenters. The van der Waals surface area contributed by atoms with Gasteiger partial charge in [0.25, 0.3) is 0 Å². The van der Waals surface area contributed by atoms with Crippen LogP contribution in [0.25, 0.3) is 32.4 Å². The van der Waals surface area contributed by atoms with Crippen LogP contribution in [-0.4, -0.2) is 4.98 Å². The molecule has 1 heterocycles. The standard InChI is InChI=1S/C17H11N.2C2H6/c1-2-7-14-12(6-1)13-8-3-4-9-15(13)17-16(14)10-5-11-18-17;2*1-2/h1-11H;2*1-2H3. The Bertz CT molecular complexity index is 657. The minimum Gasteiger partial charge on any atom is -0.256 e. The van der Waals surface area contributed by atoms with Crippen LogP contribution >= 0.6 is 0 Å². The van der Waals surface area contributed by atoms with Crippen LogP contribution in [0.4, 0.5) is 0 Å². The predicted molar refractivity (Wildman–Crippen MR) is 99.5 cm³/mol. The molecule has 0 radical (unpaired) electrons. The van der Waals surface area contributed by atoms with Gasteiger partial charge < -0.3 is 0 Å². The van der Waals surface area contributed by atoms with Crippen LogP contribution in [0.1, 0.15) is 27.7 Å². The Labute approximate surface area is 132 Å². The summed E-state index contributed by atoms with van der Waals surface area (Å²) in [6.07, 6.45) is 1.86. The summed E-state index contributed by atoms with van der Waals surface area (Å²) in [7, 11) is 0. The van der Waals surface area contributed by atoms with E-state index in [9.17, 15) is 0 Å². The number of hydrogen-bond donors (Lipinski definition) is 0. The largest absolute Gasteiger partial charge is 0.256 e. The van der Waals surface area contributed by atoms with Crippen molar-refractivity contribution in [2.24, 2.45) is 0 Å². The van der Waals surface area contributed by atoms with Crippen molar-refractivity contribution in [3.8, 4) is 0 Å². The number of benzene rings is 3. The molecule has 0 aliphatic heterocycles. The molecule has 1 heteroatoms. The molecule has 1 aromatic heterocycles. The van der Waals surface area contributed by atoms with Crippen molar-refractivity contribution in [3.63, 3.8) is 0 Å². The Balaban J connectivity index is 0.000000410. The van der Waals surface area contributed by atoms with Gasteiger partial charge in [0.15, 0.2) is 0 Å². The lowest BCUT2D eigenvalue weighted by Gasteiger charge is -2.08. The number of hydrogen-bond acceptors (Lipinski definition) is 1. The molecular weight excluding hydrogens is 266 g/mol. The summed E-state index contributed by atoms with van der Waals surface area (Å²) in [5, 5.41) is 6.31. The van der Waals surface area contributed by atoms with Gasteiger partial charge in [-0.2, -0.15) is 0 Å². The molecule has 0 atom stereocenters. The molecule has 4 rings (SSSR count). The van der Waals surface area contributed by atoms with Crippen molar-refractivity contribution < 1.29 is 0 Å². The van der Waals surface area contributed by atoms with Gasteiger partial charge in [-0.1, -0.05) is 82.3 Å². The van der Waals surface area contributed by atoms with Gasteiger partial charge in [-0.15, -0.1) is 0 Å². The summed E-state index contributed by atoms with van der Waals surface area (Å²) in [6.45, 7) is 8.00. The van der Waals surface area contributed by atoms with Gasteiger partial charge >= 0.3 is 0 Å². The van der Waals surface area contributed by atoms with E-state index in [1.165, 1.54) is 26.9 Å². The molecule has 3 aromatic carbocycles. The lowest BCUT2D eigenvalue weighted by atomic mass is 9.97. The van der Waals surface area contributed by atoms with E-state index in [2.05, 4.69) is 59.6 Å². The van der Waals surface area contributed by atoms with Gasteiger partial charge in [0.2, 0.25) is 0 Å². The van der Waals surface area contributed by atoms with E-state index in [0.717, 1.165) is 5.52 Å². The highest BCUT2D eigenvalue weighted by Gasteiger charge is 2.07. The molecule has 0 amide bonds. The molecule has 0 saturated carbocycles. The highest BCUT2D eigenvalue weighted by atomic mass is 14.6. The maximum Gasteiger partial charge on any atom is 0.0786 e. The zero-order chi connectivity index (χ0) is 15.9. The molecule has 112 valence electrons. The van der Waals surface area contributed by atoms with Gasteiger partial charge in [0.1, 0.15) is 0 Å². The van der Waals surface area contributed by atoms with Crippen LogP contribution < -0.4 is 0 Å². The maximum atomic E-state index is 4.56. The zero-order valence-corrected chi connectivity index (χ0v) is 13.8. The molecule has 0 fully saturated rings. The van der Waals surface area contributed by atoms with E-state index >= 15 is 0 Å². The van der Waals surface area contributed by atoms with E-state index in [1.807, 2.05) is 40.0 Å². The zero-order valence-electron chi connectivity index (χ0n) is 13.8. The van der Waals surface area contributed by atoms with Crippen LogP contribution in [0, 0.1) is 0 Å². The third-order valence-corrected chi connectivity index (χ3v) is 3.50. The number of fused-ring (bicyclic) bond motifs is 6. The van der Waals surface area contributed by atoms with Gasteiger partial charge in [0, 0.05) is 17.0 Å². The number of rotatable bonds is 0. The first-order chi connectivity index (χ1) is 10.9. The Morgan fingerprint density at radius 2 is 0.864 bits per heavy atom. The van der Waals surface area contributed by atoms with Gasteiger partial charge in [-0.05, 0) is 22.2 Å². The van der Waals surface area contributed by atoms with Gasteiger partial charge in [0.05, 0.1) is 5.52 Å². The Kier molecular flexibility index (Phi) is 5.48. The first-order valence-electron chi connectivity index (χ1n) is 8.09. The predicted octanol–water partition coefficient (Wildman–Crippen LogP) is 6.59. The molecule has 0 N–H and O–H groups in total. The number of aromatic nitrogens is 1. The first kappa shape index (κ1) is 16.0. The Morgan fingerprint density at radius 3 is 1.36 bits per heavy atom. The van der Waals surface area contributed by atoms with Crippen molar-refractivity contribution in [3.05, 3.63) is 66.9 Å². The summed E-state index contributed by atoms with van der Waals surface area (Å²) in [4.78, 5) is 4.56. The van der Waals surface area contributed by atoms with Crippen LogP contribution in [-0.2, 0) is 0 Å². The molecule has 0 bridgehead atoms. The average Bonchev–Trinajstić information content (AvgIpc) is 2.65. The normalized spacial score (nSPS) is 9.82. The first-order valence-corrected chi connectivity index (χ1v) is 8.09. The highest BCUT2D eigenvalue weighted by Crippen LogP contribution is 2.33. The van der Waals surface area contributed by atoms with Gasteiger partial charge in [-0.3, -0.25) is 4.98 Å². The average molecular weight is 289 g/mol. The summed E-state index contributed by atoms with van der Waals surface area (Å²) in [6, 6.07) is 21.2. The van der Waals surface area contributed by atoms with Crippen molar-refractivity contribution in [1.29, 1.82) is 0 Å². The lowest BCUT2D eigenvalue weighted by Crippen LogP contribution is -1.84. The SMILES string of the molecule is CC.CC.c1ccc2c(c1)c1ccccc1c1ncccc21. The summed E-state index contributed by atoms with van der Waals surface area (Å²) >= 11 is 0. The van der Waals surface area contributed by atoms with Crippen LogP contribution in [0.2, 0.25) is 0 Å². The highest BCUT2D eigenvalue weighted by molar-refractivity contribution is 6.23. The molecule has 22 heavy (non-hydrogen) atoms. The third kappa shape index (κ3) is 2.67. The van der Waals surface area contributed by atoms with E-state index in [4.69, 9.17) is 0 Å². The summed E-state index contributed by atoms with van der Waals surface area (Å²) < 4.78 is 0. The quantitative estimate of drug-likeness (QED) is 0.333. The monoisotopic (exact) mass is 289 g/mol. The molecule has 4 aromatic rings.